The first kappa shape index (κ1) is 17.4. The van der Waals surface area contributed by atoms with Gasteiger partial charge in [0.25, 0.3) is 0 Å². The van der Waals surface area contributed by atoms with E-state index in [1.165, 1.54) is 6.20 Å². The lowest BCUT2D eigenvalue weighted by Gasteiger charge is -2.24. The lowest BCUT2D eigenvalue weighted by Crippen LogP contribution is -2.35. The van der Waals surface area contributed by atoms with E-state index in [4.69, 9.17) is 10.00 Å². The molecule has 2 heterocycles. The van der Waals surface area contributed by atoms with Gasteiger partial charge in [-0.15, -0.1) is 0 Å². The average molecular weight is 335 g/mol. The number of likely N-dealkylation sites (tertiary alicyclic amines) is 1. The summed E-state index contributed by atoms with van der Waals surface area (Å²) in [6.45, 7) is 6.66. The van der Waals surface area contributed by atoms with Crippen molar-refractivity contribution in [1.82, 2.24) is 9.88 Å². The number of carbonyl (C=O) groups is 1. The van der Waals surface area contributed by atoms with Gasteiger partial charge in [0.15, 0.2) is 0 Å². The first-order chi connectivity index (χ1) is 10.8. The number of pyridine rings is 1. The van der Waals surface area contributed by atoms with Crippen LogP contribution in [0.1, 0.15) is 32.8 Å². The molecule has 0 spiro atoms. The fraction of sp³-hybridized carbons (Fsp3) is 0.562. The molecule has 1 aromatic heterocycles. The summed E-state index contributed by atoms with van der Waals surface area (Å²) in [5.41, 5.74) is -0.0650. The minimum absolute atomic E-state index is 0.149. The van der Waals surface area contributed by atoms with Crippen molar-refractivity contribution in [2.24, 2.45) is 5.92 Å². The third kappa shape index (κ3) is 5.03. The molecule has 1 aromatic rings. The van der Waals surface area contributed by atoms with Crippen LogP contribution in [0, 0.1) is 17.2 Å². The zero-order valence-electron chi connectivity index (χ0n) is 13.6. The van der Waals surface area contributed by atoms with Gasteiger partial charge in [0.1, 0.15) is 10.6 Å². The number of nitriles is 1. The monoisotopic (exact) mass is 335 g/mol. The molecule has 1 aliphatic rings. The normalized spacial score (nSPS) is 19.2. The number of aromatic nitrogens is 1. The van der Waals surface area contributed by atoms with Gasteiger partial charge in [0.05, 0.1) is 22.4 Å². The molecule has 23 heavy (non-hydrogen) atoms. The molecule has 6 nitrogen and oxygen atoms in total. The van der Waals surface area contributed by atoms with Crippen LogP contribution in [-0.4, -0.2) is 44.6 Å². The highest BCUT2D eigenvalue weighted by molar-refractivity contribution is 7.84. The van der Waals surface area contributed by atoms with Crippen LogP contribution >= 0.6 is 0 Å². The van der Waals surface area contributed by atoms with Gasteiger partial charge in [-0.05, 0) is 45.2 Å². The molecule has 0 aliphatic carbocycles. The van der Waals surface area contributed by atoms with Crippen molar-refractivity contribution in [3.05, 3.63) is 23.9 Å². The van der Waals surface area contributed by atoms with Crippen LogP contribution in [0.4, 0.5) is 4.79 Å². The Balaban J connectivity index is 1.91. The van der Waals surface area contributed by atoms with Crippen molar-refractivity contribution in [2.45, 2.75) is 37.8 Å². The Morgan fingerprint density at radius 3 is 2.96 bits per heavy atom. The van der Waals surface area contributed by atoms with E-state index in [0.717, 1.165) is 6.42 Å². The van der Waals surface area contributed by atoms with Crippen molar-refractivity contribution >= 4 is 16.9 Å². The molecule has 2 rings (SSSR count). The zero-order valence-corrected chi connectivity index (χ0v) is 14.4. The highest BCUT2D eigenvalue weighted by Gasteiger charge is 2.30. The molecular formula is C16H21N3O3S. The van der Waals surface area contributed by atoms with Crippen LogP contribution in [0.2, 0.25) is 0 Å². The number of rotatable bonds is 3. The van der Waals surface area contributed by atoms with Crippen LogP contribution < -0.4 is 0 Å². The molecule has 0 N–H and O–H groups in total. The maximum Gasteiger partial charge on any atom is 0.410 e. The smallest absolute Gasteiger partial charge is 0.410 e. The Bertz CT molecular complexity index is 649. The SMILES string of the molecule is CC(C)(C)OC(=O)N1CC[C@@H](C[S@@](=O)c2cc(C#N)ccn2)C1. The average Bonchev–Trinajstić information content (AvgIpc) is 2.94. The lowest BCUT2D eigenvalue weighted by atomic mass is 10.2. The fourth-order valence-electron chi connectivity index (χ4n) is 2.36. The van der Waals surface area contributed by atoms with Crippen LogP contribution in [-0.2, 0) is 15.5 Å². The summed E-state index contributed by atoms with van der Waals surface area (Å²) in [5.74, 6) is 0.581. The highest BCUT2D eigenvalue weighted by Crippen LogP contribution is 2.21. The predicted octanol–water partition coefficient (Wildman–Crippen LogP) is 2.32. The second-order valence-corrected chi connectivity index (χ2v) is 8.03. The molecule has 1 saturated heterocycles. The molecule has 0 saturated carbocycles. The molecule has 2 atom stereocenters. The van der Waals surface area contributed by atoms with E-state index in [0.29, 0.717) is 29.4 Å². The molecule has 0 unspecified atom stereocenters. The van der Waals surface area contributed by atoms with E-state index in [1.807, 2.05) is 26.8 Å². The van der Waals surface area contributed by atoms with Gasteiger partial charge in [0, 0.05) is 25.0 Å². The Morgan fingerprint density at radius 2 is 2.30 bits per heavy atom. The minimum Gasteiger partial charge on any atom is -0.444 e. The first-order valence-electron chi connectivity index (χ1n) is 7.51. The quantitative estimate of drug-likeness (QED) is 0.846. The van der Waals surface area contributed by atoms with Crippen molar-refractivity contribution in [3.63, 3.8) is 0 Å². The predicted molar refractivity (Wildman–Crippen MR) is 86.1 cm³/mol. The van der Waals surface area contributed by atoms with Crippen LogP contribution in [0.25, 0.3) is 0 Å². The first-order valence-corrected chi connectivity index (χ1v) is 8.83. The summed E-state index contributed by atoms with van der Waals surface area (Å²) < 4.78 is 17.7. The topological polar surface area (TPSA) is 83.3 Å². The number of amides is 1. The summed E-state index contributed by atoms with van der Waals surface area (Å²) in [6.07, 6.45) is 1.96. The number of hydrogen-bond donors (Lipinski definition) is 0. The molecule has 1 amide bonds. The van der Waals surface area contributed by atoms with Crippen molar-refractivity contribution in [1.29, 1.82) is 5.26 Å². The summed E-state index contributed by atoms with van der Waals surface area (Å²) >= 11 is 0. The van der Waals surface area contributed by atoms with Gasteiger partial charge < -0.3 is 9.64 Å². The summed E-state index contributed by atoms with van der Waals surface area (Å²) in [6, 6.07) is 5.15. The van der Waals surface area contributed by atoms with Gasteiger partial charge in [0.2, 0.25) is 0 Å². The molecule has 0 radical (unpaired) electrons. The maximum atomic E-state index is 12.4. The van der Waals surface area contributed by atoms with Gasteiger partial charge >= 0.3 is 6.09 Å². The Kier molecular flexibility index (Phi) is 5.37. The van der Waals surface area contributed by atoms with Gasteiger partial charge in [-0.2, -0.15) is 5.26 Å². The zero-order chi connectivity index (χ0) is 17.0. The number of ether oxygens (including phenoxy) is 1. The second-order valence-electron chi connectivity index (χ2n) is 6.59. The minimum atomic E-state index is -1.27. The van der Waals surface area contributed by atoms with Gasteiger partial charge in [-0.1, -0.05) is 0 Å². The van der Waals surface area contributed by atoms with E-state index in [2.05, 4.69) is 4.98 Å². The Labute approximate surface area is 138 Å². The molecule has 0 aromatic carbocycles. The summed E-state index contributed by atoms with van der Waals surface area (Å²) in [5, 5.41) is 9.30. The molecule has 0 bridgehead atoms. The Hall–Kier alpha value is -1.94. The number of hydrogen-bond acceptors (Lipinski definition) is 5. The fourth-order valence-corrected chi connectivity index (χ4v) is 3.67. The largest absolute Gasteiger partial charge is 0.444 e. The summed E-state index contributed by atoms with van der Waals surface area (Å²) in [7, 11) is -1.27. The standard InChI is InChI=1S/C16H21N3O3S/c1-16(2,3)22-15(20)19-7-5-13(10-19)11-23(21)14-8-12(9-17)4-6-18-14/h4,6,8,13H,5,7,10-11H2,1-3H3/t13-,23-/m1/s1. The third-order valence-electron chi connectivity index (χ3n) is 3.42. The number of nitrogens with zero attached hydrogens (tertiary/aromatic N) is 3. The van der Waals surface area contributed by atoms with Crippen molar-refractivity contribution in [2.75, 3.05) is 18.8 Å². The molecule has 124 valence electrons. The lowest BCUT2D eigenvalue weighted by molar-refractivity contribution is 0.0289. The molecule has 1 fully saturated rings. The van der Waals surface area contributed by atoms with Crippen molar-refractivity contribution < 1.29 is 13.7 Å². The van der Waals surface area contributed by atoms with Crippen LogP contribution in [0.5, 0.6) is 0 Å². The molecular weight excluding hydrogens is 314 g/mol. The van der Waals surface area contributed by atoms with Gasteiger partial charge in [-0.3, -0.25) is 4.21 Å². The van der Waals surface area contributed by atoms with E-state index in [1.54, 1.807) is 17.0 Å². The molecule has 1 aliphatic heterocycles. The van der Waals surface area contributed by atoms with E-state index >= 15 is 0 Å². The van der Waals surface area contributed by atoms with Gasteiger partial charge in [-0.25, -0.2) is 9.78 Å². The Morgan fingerprint density at radius 1 is 1.57 bits per heavy atom. The highest BCUT2D eigenvalue weighted by atomic mass is 32.2. The van der Waals surface area contributed by atoms with E-state index < -0.39 is 16.4 Å². The van der Waals surface area contributed by atoms with Crippen molar-refractivity contribution in [3.8, 4) is 6.07 Å². The van der Waals surface area contributed by atoms with E-state index in [9.17, 15) is 9.00 Å². The maximum absolute atomic E-state index is 12.4. The summed E-state index contributed by atoms with van der Waals surface area (Å²) in [4.78, 5) is 17.8. The van der Waals surface area contributed by atoms with Crippen LogP contribution in [0.3, 0.4) is 0 Å². The van der Waals surface area contributed by atoms with Crippen LogP contribution in [0.15, 0.2) is 23.4 Å². The molecule has 7 heteroatoms. The second kappa shape index (κ2) is 7.09. The third-order valence-corrected chi connectivity index (χ3v) is 4.89. The number of carbonyl (C=O) groups excluding carboxylic acids is 1. The van der Waals surface area contributed by atoms with E-state index in [-0.39, 0.29) is 12.0 Å².